The molecule has 1 atom stereocenters. The minimum atomic E-state index is -0.132. The zero-order chi connectivity index (χ0) is 23.8. The van der Waals surface area contributed by atoms with Crippen molar-refractivity contribution in [1.82, 2.24) is 4.90 Å². The van der Waals surface area contributed by atoms with Crippen molar-refractivity contribution in [2.75, 3.05) is 13.7 Å². The highest BCUT2D eigenvalue weighted by molar-refractivity contribution is 5.74. The van der Waals surface area contributed by atoms with Crippen molar-refractivity contribution < 1.29 is 9.53 Å². The summed E-state index contributed by atoms with van der Waals surface area (Å²) in [4.78, 5) is 15.3. The van der Waals surface area contributed by atoms with E-state index in [1.54, 1.807) is 0 Å². The van der Waals surface area contributed by atoms with Crippen molar-refractivity contribution in [2.45, 2.75) is 129 Å². The van der Waals surface area contributed by atoms with Crippen LogP contribution in [-0.2, 0) is 9.53 Å². The third-order valence-corrected chi connectivity index (χ3v) is 11.2. The molecule has 0 bridgehead atoms. The lowest BCUT2D eigenvalue weighted by molar-refractivity contribution is -0.152. The van der Waals surface area contributed by atoms with Gasteiger partial charge in [0.2, 0.25) is 0 Å². The second kappa shape index (κ2) is 10.2. The molecule has 3 aliphatic carbocycles. The van der Waals surface area contributed by atoms with Crippen LogP contribution in [0.15, 0.2) is 0 Å². The van der Waals surface area contributed by atoms with Gasteiger partial charge in [-0.1, -0.05) is 19.8 Å². The van der Waals surface area contributed by atoms with Gasteiger partial charge in [0.25, 0.3) is 0 Å². The molecule has 3 saturated carbocycles. The van der Waals surface area contributed by atoms with Crippen molar-refractivity contribution in [3.63, 3.8) is 0 Å². The molecular weight excluding hydrogens is 406 g/mol. The molecule has 33 heavy (non-hydrogen) atoms. The van der Waals surface area contributed by atoms with Crippen LogP contribution < -0.4 is 0 Å². The molecule has 4 aliphatic rings. The van der Waals surface area contributed by atoms with Gasteiger partial charge in [0.05, 0.1) is 12.5 Å². The summed E-state index contributed by atoms with van der Waals surface area (Å²) in [7, 11) is 2.15. The van der Waals surface area contributed by atoms with E-state index < -0.39 is 0 Å². The van der Waals surface area contributed by atoms with E-state index in [0.717, 1.165) is 36.0 Å². The minimum absolute atomic E-state index is 0.0172. The first-order valence-electron chi connectivity index (χ1n) is 14.5. The maximum Gasteiger partial charge on any atom is 0.310 e. The molecule has 3 nitrogen and oxygen atoms in total. The van der Waals surface area contributed by atoms with E-state index in [4.69, 9.17) is 4.74 Å². The molecule has 0 N–H and O–H groups in total. The van der Waals surface area contributed by atoms with Crippen LogP contribution in [0.2, 0.25) is 0 Å². The molecule has 4 rings (SSSR count). The molecule has 190 valence electrons. The predicted octanol–water partition coefficient (Wildman–Crippen LogP) is 7.48. The van der Waals surface area contributed by atoms with Crippen LogP contribution in [0, 0.1) is 41.4 Å². The summed E-state index contributed by atoms with van der Waals surface area (Å²) in [5.74, 6) is 5.57. The normalized spacial score (nSPS) is 41.6. The third kappa shape index (κ3) is 5.65. The van der Waals surface area contributed by atoms with E-state index >= 15 is 0 Å². The highest BCUT2D eigenvalue weighted by atomic mass is 16.5. The van der Waals surface area contributed by atoms with E-state index in [9.17, 15) is 4.79 Å². The minimum Gasteiger partial charge on any atom is -0.465 e. The molecular formula is C30H53NO2. The molecule has 0 aromatic rings. The second-order valence-electron chi connectivity index (χ2n) is 13.9. The topological polar surface area (TPSA) is 29.5 Å². The number of carbonyl (C=O) groups is 1. The van der Waals surface area contributed by atoms with Crippen molar-refractivity contribution in [3.8, 4) is 0 Å². The fraction of sp³-hybridized carbons (Fsp3) is 0.967. The van der Waals surface area contributed by atoms with Gasteiger partial charge in [-0.05, 0) is 141 Å². The van der Waals surface area contributed by atoms with Crippen LogP contribution in [0.25, 0.3) is 0 Å². The highest BCUT2D eigenvalue weighted by Gasteiger charge is 2.53. The number of hydrogen-bond acceptors (Lipinski definition) is 3. The van der Waals surface area contributed by atoms with E-state index in [2.05, 4.69) is 46.6 Å². The fourth-order valence-corrected chi connectivity index (χ4v) is 8.24. The molecule has 0 radical (unpaired) electrons. The number of rotatable bonds is 5. The SMILES string of the molecule is CC1CCC(C2CCC(C3CCC(COC(=O)C4CC(C)(C)N(C)C4(C)C)CC3)CC2)CC1. The Hall–Kier alpha value is -0.570. The molecule has 1 aliphatic heterocycles. The zero-order valence-corrected chi connectivity index (χ0v) is 22.7. The van der Waals surface area contributed by atoms with Gasteiger partial charge in [0.15, 0.2) is 0 Å². The molecule has 3 heteroatoms. The average Bonchev–Trinajstić information content (AvgIpc) is 2.97. The van der Waals surface area contributed by atoms with E-state index in [-0.39, 0.29) is 23.0 Å². The quantitative estimate of drug-likeness (QED) is 0.399. The molecule has 0 spiro atoms. The molecule has 1 unspecified atom stereocenters. The Labute approximate surface area is 204 Å². The molecule has 0 aromatic heterocycles. The number of nitrogens with zero attached hydrogens (tertiary/aromatic N) is 1. The van der Waals surface area contributed by atoms with Gasteiger partial charge in [0, 0.05) is 11.1 Å². The van der Waals surface area contributed by atoms with Gasteiger partial charge in [-0.2, -0.15) is 0 Å². The van der Waals surface area contributed by atoms with Crippen molar-refractivity contribution in [2.24, 2.45) is 41.4 Å². The maximum atomic E-state index is 13.0. The number of carbonyl (C=O) groups excluding carboxylic acids is 1. The summed E-state index contributed by atoms with van der Waals surface area (Å²) in [6, 6.07) is 0. The molecule has 0 aromatic carbocycles. The Morgan fingerprint density at radius 3 is 1.61 bits per heavy atom. The monoisotopic (exact) mass is 459 g/mol. The smallest absolute Gasteiger partial charge is 0.310 e. The van der Waals surface area contributed by atoms with Gasteiger partial charge in [0.1, 0.15) is 0 Å². The Bertz CT molecular complexity index is 646. The molecule has 0 amide bonds. The standard InChI is InChI=1S/C30H53NO2/c1-21-7-11-23(12-8-21)25-15-17-26(18-16-25)24-13-9-22(10-14-24)20-33-28(32)27-19-29(2,3)31(6)30(27,4)5/h21-27H,7-20H2,1-6H3. The number of hydrogen-bond donors (Lipinski definition) is 0. The van der Waals surface area contributed by atoms with Crippen molar-refractivity contribution >= 4 is 5.97 Å². The first-order chi connectivity index (χ1) is 15.6. The summed E-state index contributed by atoms with van der Waals surface area (Å²) >= 11 is 0. The van der Waals surface area contributed by atoms with E-state index in [0.29, 0.717) is 12.5 Å². The van der Waals surface area contributed by atoms with Crippen LogP contribution in [0.4, 0.5) is 0 Å². The summed E-state index contributed by atoms with van der Waals surface area (Å²) in [5.41, 5.74) is -0.0768. The third-order valence-electron chi connectivity index (χ3n) is 11.2. The first-order valence-corrected chi connectivity index (χ1v) is 14.5. The maximum absolute atomic E-state index is 13.0. The Morgan fingerprint density at radius 1 is 0.758 bits per heavy atom. The lowest BCUT2D eigenvalue weighted by Gasteiger charge is -2.41. The summed E-state index contributed by atoms with van der Waals surface area (Å²) < 4.78 is 5.95. The first kappa shape index (κ1) is 25.5. The fourth-order valence-electron chi connectivity index (χ4n) is 8.24. The lowest BCUT2D eigenvalue weighted by atomic mass is 9.65. The summed E-state index contributed by atoms with van der Waals surface area (Å²) in [5, 5.41) is 0. The largest absolute Gasteiger partial charge is 0.465 e. The Kier molecular flexibility index (Phi) is 7.88. The van der Waals surface area contributed by atoms with Gasteiger partial charge in [-0.25, -0.2) is 0 Å². The lowest BCUT2D eigenvalue weighted by Crippen LogP contribution is -2.48. The second-order valence-corrected chi connectivity index (χ2v) is 13.9. The molecule has 1 saturated heterocycles. The Morgan fingerprint density at radius 2 is 1.18 bits per heavy atom. The summed E-state index contributed by atoms with van der Waals surface area (Å²) in [6.45, 7) is 12.0. The van der Waals surface area contributed by atoms with Crippen LogP contribution >= 0.6 is 0 Å². The number of esters is 1. The van der Waals surface area contributed by atoms with Gasteiger partial charge < -0.3 is 4.74 Å². The van der Waals surface area contributed by atoms with Crippen LogP contribution in [-0.4, -0.2) is 35.6 Å². The average molecular weight is 460 g/mol. The molecule has 1 heterocycles. The predicted molar refractivity (Wildman–Crippen MR) is 137 cm³/mol. The molecule has 4 fully saturated rings. The van der Waals surface area contributed by atoms with Gasteiger partial charge in [-0.3, -0.25) is 9.69 Å². The highest BCUT2D eigenvalue weighted by Crippen LogP contribution is 2.47. The number of likely N-dealkylation sites (tertiary alicyclic amines) is 1. The van der Waals surface area contributed by atoms with Crippen LogP contribution in [0.1, 0.15) is 118 Å². The van der Waals surface area contributed by atoms with Crippen LogP contribution in [0.5, 0.6) is 0 Å². The number of ether oxygens (including phenoxy) is 1. The summed E-state index contributed by atoms with van der Waals surface area (Å²) in [6.07, 6.45) is 18.1. The van der Waals surface area contributed by atoms with Gasteiger partial charge >= 0.3 is 5.97 Å². The zero-order valence-electron chi connectivity index (χ0n) is 22.7. The van der Waals surface area contributed by atoms with Crippen molar-refractivity contribution in [3.05, 3.63) is 0 Å². The van der Waals surface area contributed by atoms with E-state index in [1.165, 1.54) is 77.0 Å². The Balaban J connectivity index is 1.16. The van der Waals surface area contributed by atoms with Gasteiger partial charge in [-0.15, -0.1) is 0 Å². The van der Waals surface area contributed by atoms with Crippen LogP contribution in [0.3, 0.4) is 0 Å². The van der Waals surface area contributed by atoms with Crippen molar-refractivity contribution in [1.29, 1.82) is 0 Å². The van der Waals surface area contributed by atoms with E-state index in [1.807, 2.05) is 0 Å².